The standard InChI is InChI=1S/C12H18N2O6/c15-11(19-13-3-7-17-8-4-13)1-2-12(16)20-14-5-9-18-10-6-14/h1-2H,3-10H2/b2-1+. The lowest BCUT2D eigenvalue weighted by atomic mass is 10.5. The molecule has 0 N–H and O–H groups in total. The highest BCUT2D eigenvalue weighted by Gasteiger charge is 2.16. The molecule has 0 aliphatic carbocycles. The van der Waals surface area contributed by atoms with E-state index in [4.69, 9.17) is 19.1 Å². The first-order valence-electron chi connectivity index (χ1n) is 6.51. The lowest BCUT2D eigenvalue weighted by Gasteiger charge is -2.24. The molecule has 2 aliphatic heterocycles. The number of ether oxygens (including phenoxy) is 2. The summed E-state index contributed by atoms with van der Waals surface area (Å²) < 4.78 is 10.2. The van der Waals surface area contributed by atoms with E-state index in [-0.39, 0.29) is 0 Å². The summed E-state index contributed by atoms with van der Waals surface area (Å²) >= 11 is 0. The predicted molar refractivity (Wildman–Crippen MR) is 66.1 cm³/mol. The molecular formula is C12H18N2O6. The summed E-state index contributed by atoms with van der Waals surface area (Å²) in [4.78, 5) is 33.0. The number of carbonyl (C=O) groups excluding carboxylic acids is 2. The summed E-state index contributed by atoms with van der Waals surface area (Å²) in [6.07, 6.45) is 2.11. The zero-order valence-electron chi connectivity index (χ0n) is 11.2. The average molecular weight is 286 g/mol. The van der Waals surface area contributed by atoms with E-state index in [0.717, 1.165) is 12.2 Å². The Morgan fingerprint density at radius 2 is 1.10 bits per heavy atom. The van der Waals surface area contributed by atoms with Crippen LogP contribution in [0.1, 0.15) is 0 Å². The number of morpholine rings is 2. The fraction of sp³-hybridized carbons (Fsp3) is 0.667. The Balaban J connectivity index is 1.67. The third-order valence-corrected chi connectivity index (χ3v) is 2.73. The fourth-order valence-corrected chi connectivity index (χ4v) is 1.73. The van der Waals surface area contributed by atoms with Crippen molar-refractivity contribution in [1.29, 1.82) is 0 Å². The topological polar surface area (TPSA) is 77.5 Å². The molecule has 0 bridgehead atoms. The number of carbonyl (C=O) groups is 2. The van der Waals surface area contributed by atoms with Crippen LogP contribution >= 0.6 is 0 Å². The van der Waals surface area contributed by atoms with Crippen molar-refractivity contribution >= 4 is 11.9 Å². The van der Waals surface area contributed by atoms with E-state index in [1.165, 1.54) is 10.1 Å². The van der Waals surface area contributed by atoms with Gasteiger partial charge in [0, 0.05) is 12.2 Å². The van der Waals surface area contributed by atoms with Crippen molar-refractivity contribution in [3.63, 3.8) is 0 Å². The second kappa shape index (κ2) is 7.95. The van der Waals surface area contributed by atoms with Crippen LogP contribution in [0, 0.1) is 0 Å². The SMILES string of the molecule is O=C(/C=C/C(=O)ON1CCOCC1)ON1CCOCC1. The van der Waals surface area contributed by atoms with Crippen molar-refractivity contribution in [2.24, 2.45) is 0 Å². The first-order valence-corrected chi connectivity index (χ1v) is 6.51. The molecule has 0 atom stereocenters. The Morgan fingerprint density at radius 3 is 1.45 bits per heavy atom. The smallest absolute Gasteiger partial charge is 0.349 e. The summed E-state index contributed by atoms with van der Waals surface area (Å²) in [6, 6.07) is 0. The third-order valence-electron chi connectivity index (χ3n) is 2.73. The highest BCUT2D eigenvalue weighted by Crippen LogP contribution is 2.00. The lowest BCUT2D eigenvalue weighted by Crippen LogP contribution is -2.38. The molecule has 0 unspecified atom stereocenters. The second-order valence-corrected chi connectivity index (χ2v) is 4.24. The molecule has 8 heteroatoms. The quantitative estimate of drug-likeness (QED) is 0.617. The van der Waals surface area contributed by atoms with Crippen LogP contribution in [0.4, 0.5) is 0 Å². The van der Waals surface area contributed by atoms with Gasteiger partial charge in [0.1, 0.15) is 0 Å². The van der Waals surface area contributed by atoms with E-state index in [1.807, 2.05) is 0 Å². The first kappa shape index (κ1) is 14.9. The monoisotopic (exact) mass is 286 g/mol. The number of rotatable bonds is 4. The molecule has 2 aliphatic rings. The number of hydrogen-bond donors (Lipinski definition) is 0. The maximum atomic E-state index is 11.5. The van der Waals surface area contributed by atoms with Crippen LogP contribution in [0.25, 0.3) is 0 Å². The van der Waals surface area contributed by atoms with Crippen LogP contribution in [-0.2, 0) is 28.7 Å². The predicted octanol–water partition coefficient (Wildman–Crippen LogP) is -0.877. The molecule has 0 amide bonds. The van der Waals surface area contributed by atoms with Gasteiger partial charge in [-0.3, -0.25) is 0 Å². The van der Waals surface area contributed by atoms with Crippen molar-refractivity contribution in [2.45, 2.75) is 0 Å². The molecule has 2 saturated heterocycles. The Morgan fingerprint density at radius 1 is 0.750 bits per heavy atom. The van der Waals surface area contributed by atoms with Gasteiger partial charge in [-0.1, -0.05) is 0 Å². The Hall–Kier alpha value is -1.48. The van der Waals surface area contributed by atoms with Crippen LogP contribution in [0.2, 0.25) is 0 Å². The van der Waals surface area contributed by atoms with Gasteiger partial charge in [0.25, 0.3) is 0 Å². The molecule has 0 aromatic carbocycles. The van der Waals surface area contributed by atoms with Gasteiger partial charge < -0.3 is 19.1 Å². The summed E-state index contributed by atoms with van der Waals surface area (Å²) in [5.74, 6) is -1.21. The van der Waals surface area contributed by atoms with Crippen molar-refractivity contribution in [3.05, 3.63) is 12.2 Å². The minimum absolute atomic E-state index is 0.524. The molecule has 0 saturated carbocycles. The van der Waals surface area contributed by atoms with Gasteiger partial charge in [-0.2, -0.15) is 0 Å². The van der Waals surface area contributed by atoms with Crippen molar-refractivity contribution in [1.82, 2.24) is 10.1 Å². The molecule has 0 aromatic rings. The van der Waals surface area contributed by atoms with Crippen molar-refractivity contribution in [3.8, 4) is 0 Å². The molecule has 2 heterocycles. The fourth-order valence-electron chi connectivity index (χ4n) is 1.73. The highest BCUT2D eigenvalue weighted by atomic mass is 16.7. The minimum Gasteiger partial charge on any atom is -0.379 e. The zero-order valence-corrected chi connectivity index (χ0v) is 11.2. The summed E-state index contributed by atoms with van der Waals surface area (Å²) in [6.45, 7) is 4.20. The van der Waals surface area contributed by atoms with Gasteiger partial charge in [0.2, 0.25) is 0 Å². The maximum absolute atomic E-state index is 11.5. The summed E-state index contributed by atoms with van der Waals surface area (Å²) in [7, 11) is 0. The van der Waals surface area contributed by atoms with Crippen molar-refractivity contribution in [2.75, 3.05) is 52.6 Å². The summed E-state index contributed by atoms with van der Waals surface area (Å²) in [5, 5.41) is 3.01. The Kier molecular flexibility index (Phi) is 5.93. The van der Waals surface area contributed by atoms with Gasteiger partial charge in [0.15, 0.2) is 0 Å². The number of hydrogen-bond acceptors (Lipinski definition) is 8. The molecule has 2 rings (SSSR count). The van der Waals surface area contributed by atoms with Gasteiger partial charge in [-0.05, 0) is 0 Å². The molecule has 0 spiro atoms. The maximum Gasteiger partial charge on any atom is 0.349 e. The van der Waals surface area contributed by atoms with Crippen LogP contribution in [0.3, 0.4) is 0 Å². The Bertz CT molecular complexity index is 327. The van der Waals surface area contributed by atoms with E-state index in [0.29, 0.717) is 52.6 Å². The average Bonchev–Trinajstić information content (AvgIpc) is 2.47. The van der Waals surface area contributed by atoms with E-state index >= 15 is 0 Å². The normalized spacial score (nSPS) is 21.8. The molecule has 0 radical (unpaired) electrons. The molecule has 2 fully saturated rings. The van der Waals surface area contributed by atoms with E-state index in [9.17, 15) is 9.59 Å². The van der Waals surface area contributed by atoms with Crippen LogP contribution in [0.5, 0.6) is 0 Å². The van der Waals surface area contributed by atoms with Gasteiger partial charge in [0.05, 0.1) is 52.6 Å². The van der Waals surface area contributed by atoms with E-state index in [1.54, 1.807) is 0 Å². The van der Waals surface area contributed by atoms with Gasteiger partial charge in [-0.15, -0.1) is 10.1 Å². The Labute approximate surface area is 116 Å². The summed E-state index contributed by atoms with van der Waals surface area (Å²) in [5.41, 5.74) is 0. The molecule has 0 aromatic heterocycles. The molecular weight excluding hydrogens is 268 g/mol. The second-order valence-electron chi connectivity index (χ2n) is 4.24. The largest absolute Gasteiger partial charge is 0.379 e. The highest BCUT2D eigenvalue weighted by molar-refractivity contribution is 5.91. The number of nitrogens with zero attached hydrogens (tertiary/aromatic N) is 2. The van der Waals surface area contributed by atoms with E-state index < -0.39 is 11.9 Å². The van der Waals surface area contributed by atoms with Crippen molar-refractivity contribution < 1.29 is 28.7 Å². The minimum atomic E-state index is -0.606. The van der Waals surface area contributed by atoms with Crippen LogP contribution < -0.4 is 0 Å². The van der Waals surface area contributed by atoms with Gasteiger partial charge >= 0.3 is 11.9 Å². The van der Waals surface area contributed by atoms with E-state index in [2.05, 4.69) is 0 Å². The zero-order chi connectivity index (χ0) is 14.2. The first-order chi connectivity index (χ1) is 9.74. The molecule has 112 valence electrons. The molecule has 8 nitrogen and oxygen atoms in total. The van der Waals surface area contributed by atoms with Crippen LogP contribution in [-0.4, -0.2) is 74.7 Å². The van der Waals surface area contributed by atoms with Crippen LogP contribution in [0.15, 0.2) is 12.2 Å². The molecule has 20 heavy (non-hydrogen) atoms. The number of hydroxylamine groups is 4. The van der Waals surface area contributed by atoms with Gasteiger partial charge in [-0.25, -0.2) is 9.59 Å². The third kappa shape index (κ3) is 5.25. The lowest BCUT2D eigenvalue weighted by molar-refractivity contribution is -0.202.